The Morgan fingerprint density at radius 3 is 2.68 bits per heavy atom. The predicted octanol–water partition coefficient (Wildman–Crippen LogP) is -1.06. The Morgan fingerprint density at radius 2 is 2.11 bits per heavy atom. The minimum atomic E-state index is -0.197. The molecule has 2 heterocycles. The third-order valence-corrected chi connectivity index (χ3v) is 3.11. The number of anilines is 1. The monoisotopic (exact) mass is 266 g/mol. The Kier molecular flexibility index (Phi) is 3.98. The highest BCUT2D eigenvalue weighted by Crippen LogP contribution is 2.07. The van der Waals surface area contributed by atoms with E-state index in [1.54, 1.807) is 11.9 Å². The SMILES string of the molecule is CN(CC(=O)N1CCCC1)C(=O)Cn1cnc(N)n1. The third kappa shape index (κ3) is 3.43. The van der Waals surface area contributed by atoms with Crippen LogP contribution in [0.2, 0.25) is 0 Å². The summed E-state index contributed by atoms with van der Waals surface area (Å²) in [7, 11) is 1.61. The van der Waals surface area contributed by atoms with Crippen LogP contribution < -0.4 is 5.73 Å². The molecule has 0 aliphatic carbocycles. The Balaban J connectivity index is 1.83. The Morgan fingerprint density at radius 1 is 1.42 bits per heavy atom. The van der Waals surface area contributed by atoms with E-state index in [4.69, 9.17) is 5.73 Å². The maximum Gasteiger partial charge on any atom is 0.244 e. The lowest BCUT2D eigenvalue weighted by atomic mass is 10.4. The van der Waals surface area contributed by atoms with Crippen LogP contribution >= 0.6 is 0 Å². The molecule has 1 aromatic rings. The minimum Gasteiger partial charge on any atom is -0.367 e. The smallest absolute Gasteiger partial charge is 0.244 e. The van der Waals surface area contributed by atoms with Crippen molar-refractivity contribution in [3.8, 4) is 0 Å². The molecule has 1 fully saturated rings. The van der Waals surface area contributed by atoms with Crippen molar-refractivity contribution in [3.63, 3.8) is 0 Å². The minimum absolute atomic E-state index is 0.00791. The third-order valence-electron chi connectivity index (χ3n) is 3.11. The van der Waals surface area contributed by atoms with Crippen molar-refractivity contribution in [3.05, 3.63) is 6.33 Å². The number of rotatable bonds is 4. The van der Waals surface area contributed by atoms with E-state index in [2.05, 4.69) is 10.1 Å². The van der Waals surface area contributed by atoms with Crippen LogP contribution in [-0.4, -0.2) is 63.1 Å². The van der Waals surface area contributed by atoms with Gasteiger partial charge in [0.25, 0.3) is 0 Å². The molecule has 0 bridgehead atoms. The van der Waals surface area contributed by atoms with E-state index >= 15 is 0 Å². The zero-order valence-corrected chi connectivity index (χ0v) is 10.9. The molecule has 0 unspecified atom stereocenters. The van der Waals surface area contributed by atoms with Crippen LogP contribution in [0.15, 0.2) is 6.33 Å². The van der Waals surface area contributed by atoms with Crippen molar-refractivity contribution in [2.75, 3.05) is 32.4 Å². The molecule has 2 amide bonds. The van der Waals surface area contributed by atoms with Gasteiger partial charge in [0.1, 0.15) is 12.9 Å². The average molecular weight is 266 g/mol. The van der Waals surface area contributed by atoms with Crippen molar-refractivity contribution in [1.29, 1.82) is 0 Å². The molecule has 19 heavy (non-hydrogen) atoms. The highest BCUT2D eigenvalue weighted by Gasteiger charge is 2.21. The maximum atomic E-state index is 11.9. The van der Waals surface area contributed by atoms with Gasteiger partial charge < -0.3 is 15.5 Å². The van der Waals surface area contributed by atoms with Crippen molar-refractivity contribution in [2.45, 2.75) is 19.4 Å². The summed E-state index contributed by atoms with van der Waals surface area (Å²) in [5.41, 5.74) is 5.37. The normalized spacial score (nSPS) is 14.7. The number of carbonyl (C=O) groups is 2. The van der Waals surface area contributed by atoms with E-state index in [1.807, 2.05) is 0 Å². The molecule has 104 valence electrons. The number of likely N-dealkylation sites (tertiary alicyclic amines) is 1. The zero-order chi connectivity index (χ0) is 13.8. The molecule has 1 aliphatic heterocycles. The summed E-state index contributed by atoms with van der Waals surface area (Å²) in [6, 6.07) is 0. The summed E-state index contributed by atoms with van der Waals surface area (Å²) < 4.78 is 1.36. The molecule has 2 N–H and O–H groups in total. The van der Waals surface area contributed by atoms with Crippen LogP contribution in [0.25, 0.3) is 0 Å². The fourth-order valence-electron chi connectivity index (χ4n) is 2.00. The zero-order valence-electron chi connectivity index (χ0n) is 10.9. The summed E-state index contributed by atoms with van der Waals surface area (Å²) >= 11 is 0. The largest absolute Gasteiger partial charge is 0.367 e. The molecule has 8 heteroatoms. The lowest BCUT2D eigenvalue weighted by molar-refractivity contribution is -0.139. The molecule has 0 aromatic carbocycles. The number of hydrogen-bond donors (Lipinski definition) is 1. The summed E-state index contributed by atoms with van der Waals surface area (Å²) in [6.45, 7) is 1.72. The van der Waals surface area contributed by atoms with Crippen molar-refractivity contribution in [2.24, 2.45) is 0 Å². The van der Waals surface area contributed by atoms with Gasteiger partial charge in [-0.1, -0.05) is 0 Å². The van der Waals surface area contributed by atoms with E-state index in [1.165, 1.54) is 15.9 Å². The second-order valence-corrected chi connectivity index (χ2v) is 4.64. The Bertz CT molecular complexity index is 466. The van der Waals surface area contributed by atoms with Crippen molar-refractivity contribution < 1.29 is 9.59 Å². The lowest BCUT2D eigenvalue weighted by Gasteiger charge is -2.21. The number of nitrogen functional groups attached to an aromatic ring is 1. The number of nitrogens with two attached hydrogens (primary N) is 1. The summed E-state index contributed by atoms with van der Waals surface area (Å²) in [4.78, 5) is 30.7. The molecular weight excluding hydrogens is 248 g/mol. The molecule has 0 atom stereocenters. The molecule has 8 nitrogen and oxygen atoms in total. The fourth-order valence-corrected chi connectivity index (χ4v) is 2.00. The molecule has 0 saturated carbocycles. The van der Waals surface area contributed by atoms with E-state index in [0.717, 1.165) is 25.9 Å². The van der Waals surface area contributed by atoms with Crippen molar-refractivity contribution in [1.82, 2.24) is 24.6 Å². The quantitative estimate of drug-likeness (QED) is 0.749. The number of carbonyl (C=O) groups excluding carboxylic acids is 2. The lowest BCUT2D eigenvalue weighted by Crippen LogP contribution is -2.41. The van der Waals surface area contributed by atoms with Crippen LogP contribution in [-0.2, 0) is 16.1 Å². The number of hydrogen-bond acceptors (Lipinski definition) is 5. The van der Waals surface area contributed by atoms with Gasteiger partial charge in [0.15, 0.2) is 0 Å². The average Bonchev–Trinajstić information content (AvgIpc) is 3.00. The Hall–Kier alpha value is -2.12. The number of likely N-dealkylation sites (N-methyl/N-ethyl adjacent to an activating group) is 1. The molecule has 0 radical (unpaired) electrons. The number of aromatic nitrogens is 3. The molecule has 2 rings (SSSR count). The first-order valence-corrected chi connectivity index (χ1v) is 6.23. The van der Waals surface area contributed by atoms with Gasteiger partial charge >= 0.3 is 0 Å². The summed E-state index contributed by atoms with van der Waals surface area (Å²) in [5, 5.41) is 3.83. The fraction of sp³-hybridized carbons (Fsp3) is 0.636. The van der Waals surface area contributed by atoms with E-state index in [0.29, 0.717) is 0 Å². The Labute approximate surface area is 111 Å². The molecule has 1 aromatic heterocycles. The van der Waals surface area contributed by atoms with Crippen LogP contribution in [0.1, 0.15) is 12.8 Å². The molecule has 0 spiro atoms. The standard InChI is InChI=1S/C11H18N6O2/c1-15(6-10(19)16-4-2-3-5-16)9(18)7-17-8-13-11(12)14-17/h8H,2-7H2,1H3,(H2,12,14). The summed E-state index contributed by atoms with van der Waals surface area (Å²) in [6.07, 6.45) is 3.48. The van der Waals surface area contributed by atoms with E-state index in [9.17, 15) is 9.59 Å². The highest BCUT2D eigenvalue weighted by molar-refractivity contribution is 5.84. The number of amides is 2. The highest BCUT2D eigenvalue weighted by atomic mass is 16.2. The van der Waals surface area contributed by atoms with Crippen LogP contribution in [0.4, 0.5) is 5.95 Å². The maximum absolute atomic E-state index is 11.9. The second kappa shape index (κ2) is 5.68. The van der Waals surface area contributed by atoms with Gasteiger partial charge in [-0.3, -0.25) is 9.59 Å². The van der Waals surface area contributed by atoms with Crippen LogP contribution in [0, 0.1) is 0 Å². The van der Waals surface area contributed by atoms with Crippen LogP contribution in [0.5, 0.6) is 0 Å². The van der Waals surface area contributed by atoms with Gasteiger partial charge in [-0.15, -0.1) is 5.10 Å². The van der Waals surface area contributed by atoms with Gasteiger partial charge in [0, 0.05) is 20.1 Å². The molecular formula is C11H18N6O2. The van der Waals surface area contributed by atoms with Crippen LogP contribution in [0.3, 0.4) is 0 Å². The predicted molar refractivity (Wildman–Crippen MR) is 67.9 cm³/mol. The van der Waals surface area contributed by atoms with E-state index in [-0.39, 0.29) is 30.9 Å². The van der Waals surface area contributed by atoms with Gasteiger partial charge in [-0.2, -0.15) is 0 Å². The molecule has 1 saturated heterocycles. The first-order chi connectivity index (χ1) is 9.06. The van der Waals surface area contributed by atoms with Crippen molar-refractivity contribution >= 4 is 17.8 Å². The molecule has 1 aliphatic rings. The van der Waals surface area contributed by atoms with Gasteiger partial charge in [0.05, 0.1) is 6.54 Å². The topological polar surface area (TPSA) is 97.4 Å². The number of nitrogens with zero attached hydrogens (tertiary/aromatic N) is 5. The van der Waals surface area contributed by atoms with E-state index < -0.39 is 0 Å². The summed E-state index contributed by atoms with van der Waals surface area (Å²) in [5.74, 6) is -0.0764. The second-order valence-electron chi connectivity index (χ2n) is 4.64. The van der Waals surface area contributed by atoms with Gasteiger partial charge in [0.2, 0.25) is 17.8 Å². The first kappa shape index (κ1) is 13.3. The first-order valence-electron chi connectivity index (χ1n) is 6.23. The van der Waals surface area contributed by atoms with Gasteiger partial charge in [-0.05, 0) is 12.8 Å². The van der Waals surface area contributed by atoms with Gasteiger partial charge in [-0.25, -0.2) is 9.67 Å².